The zero-order chi connectivity index (χ0) is 18.2. The molecule has 0 bridgehead atoms. The number of esters is 1. The maximum Gasteiger partial charge on any atom is 0.316 e. The molecule has 0 unspecified atom stereocenters. The van der Waals surface area contributed by atoms with Crippen molar-refractivity contribution in [3.05, 3.63) is 63.9 Å². The predicted octanol–water partition coefficient (Wildman–Crippen LogP) is 4.08. The number of hydrogen-bond acceptors (Lipinski definition) is 4. The van der Waals surface area contributed by atoms with Crippen molar-refractivity contribution in [2.24, 2.45) is 0 Å². The van der Waals surface area contributed by atoms with E-state index in [0.717, 1.165) is 11.8 Å². The van der Waals surface area contributed by atoms with Crippen LogP contribution in [0, 0.1) is 5.82 Å². The second kappa shape index (κ2) is 9.65. The van der Waals surface area contributed by atoms with E-state index < -0.39 is 24.3 Å². The molecule has 2 aromatic rings. The first kappa shape index (κ1) is 19.6. The highest BCUT2D eigenvalue weighted by molar-refractivity contribution is 8.00. The highest BCUT2D eigenvalue weighted by Crippen LogP contribution is 2.29. The van der Waals surface area contributed by atoms with Crippen LogP contribution in [0.5, 0.6) is 0 Å². The van der Waals surface area contributed by atoms with Gasteiger partial charge in [0.15, 0.2) is 6.61 Å². The van der Waals surface area contributed by atoms with Crippen LogP contribution in [0.25, 0.3) is 0 Å². The second-order valence-corrected chi connectivity index (χ2v) is 6.75. The van der Waals surface area contributed by atoms with E-state index >= 15 is 0 Å². The highest BCUT2D eigenvalue weighted by atomic mass is 35.5. The smallest absolute Gasteiger partial charge is 0.316 e. The van der Waals surface area contributed by atoms with Gasteiger partial charge in [-0.15, -0.1) is 11.8 Å². The lowest BCUT2D eigenvalue weighted by Gasteiger charge is -2.08. The minimum atomic E-state index is -0.568. The Morgan fingerprint density at radius 1 is 1.16 bits per heavy atom. The van der Waals surface area contributed by atoms with E-state index in [-0.39, 0.29) is 12.3 Å². The van der Waals surface area contributed by atoms with E-state index in [9.17, 15) is 14.0 Å². The number of halogens is 3. The van der Waals surface area contributed by atoms with Gasteiger partial charge in [-0.25, -0.2) is 4.39 Å². The fraction of sp³-hybridized carbons (Fsp3) is 0.176. The molecule has 0 radical (unpaired) electrons. The number of ether oxygens (including phenoxy) is 1. The molecule has 25 heavy (non-hydrogen) atoms. The average molecular weight is 402 g/mol. The third-order valence-corrected chi connectivity index (χ3v) is 4.74. The molecule has 2 rings (SSSR count). The number of carbonyl (C=O) groups excluding carboxylic acids is 2. The van der Waals surface area contributed by atoms with Gasteiger partial charge in [0.1, 0.15) is 5.82 Å². The van der Waals surface area contributed by atoms with E-state index in [0.29, 0.717) is 20.5 Å². The maximum absolute atomic E-state index is 13.4. The van der Waals surface area contributed by atoms with Gasteiger partial charge in [0.2, 0.25) is 0 Å². The van der Waals surface area contributed by atoms with E-state index in [1.807, 2.05) is 0 Å². The molecular weight excluding hydrogens is 388 g/mol. The van der Waals surface area contributed by atoms with Crippen LogP contribution in [0.1, 0.15) is 5.56 Å². The van der Waals surface area contributed by atoms with E-state index in [2.05, 4.69) is 5.32 Å². The Morgan fingerprint density at radius 3 is 2.68 bits per heavy atom. The maximum atomic E-state index is 13.4. The first-order valence-electron chi connectivity index (χ1n) is 7.19. The van der Waals surface area contributed by atoms with E-state index in [4.69, 9.17) is 27.9 Å². The first-order valence-corrected chi connectivity index (χ1v) is 8.93. The van der Waals surface area contributed by atoms with Gasteiger partial charge in [0.05, 0.1) is 10.8 Å². The molecule has 0 saturated heterocycles. The van der Waals surface area contributed by atoms with Crippen molar-refractivity contribution in [2.75, 3.05) is 12.4 Å². The van der Waals surface area contributed by atoms with Gasteiger partial charge >= 0.3 is 5.97 Å². The molecule has 2 aromatic carbocycles. The third kappa shape index (κ3) is 6.57. The molecule has 0 aliphatic rings. The molecule has 4 nitrogen and oxygen atoms in total. The number of hydrogen-bond donors (Lipinski definition) is 1. The highest BCUT2D eigenvalue weighted by Gasteiger charge is 2.11. The average Bonchev–Trinajstić information content (AvgIpc) is 2.60. The molecule has 0 heterocycles. The zero-order valence-electron chi connectivity index (χ0n) is 12.9. The summed E-state index contributed by atoms with van der Waals surface area (Å²) in [7, 11) is 0. The van der Waals surface area contributed by atoms with Gasteiger partial charge < -0.3 is 10.1 Å². The van der Waals surface area contributed by atoms with Gasteiger partial charge in [-0.3, -0.25) is 9.59 Å². The lowest BCUT2D eigenvalue weighted by atomic mass is 10.2. The first-order chi connectivity index (χ1) is 12.0. The number of thioether (sulfide) groups is 1. The Labute approximate surface area is 158 Å². The molecule has 0 saturated carbocycles. The van der Waals surface area contributed by atoms with Crippen LogP contribution >= 0.6 is 35.0 Å². The molecule has 1 N–H and O–H groups in total. The van der Waals surface area contributed by atoms with Crippen LogP contribution in [-0.2, 0) is 20.9 Å². The summed E-state index contributed by atoms with van der Waals surface area (Å²) < 4.78 is 18.3. The summed E-state index contributed by atoms with van der Waals surface area (Å²) in [4.78, 5) is 24.0. The van der Waals surface area contributed by atoms with Gasteiger partial charge in [-0.05, 0) is 24.3 Å². The van der Waals surface area contributed by atoms with Crippen LogP contribution in [0.4, 0.5) is 4.39 Å². The molecule has 0 aromatic heterocycles. The lowest BCUT2D eigenvalue weighted by Crippen LogP contribution is -2.29. The Balaban J connectivity index is 1.71. The topological polar surface area (TPSA) is 55.4 Å². The number of benzene rings is 2. The van der Waals surface area contributed by atoms with Crippen molar-refractivity contribution in [1.29, 1.82) is 0 Å². The standard InChI is InChI=1S/C17H14Cl2FNO3S/c18-12-5-6-13(19)15(7-12)25-10-17(23)24-9-16(22)21-8-11-3-1-2-4-14(11)20/h1-7H,8-10H2,(H,21,22). The van der Waals surface area contributed by atoms with E-state index in [1.165, 1.54) is 6.07 Å². The Morgan fingerprint density at radius 2 is 1.92 bits per heavy atom. The van der Waals surface area contributed by atoms with Gasteiger partial charge in [0, 0.05) is 22.0 Å². The Kier molecular flexibility index (Phi) is 7.55. The Bertz CT molecular complexity index is 773. The molecule has 0 aliphatic carbocycles. The van der Waals surface area contributed by atoms with Crippen LogP contribution in [0.3, 0.4) is 0 Å². The number of nitrogens with one attached hydrogen (secondary N) is 1. The number of amides is 1. The number of carbonyl (C=O) groups is 2. The van der Waals surface area contributed by atoms with Crippen molar-refractivity contribution in [3.8, 4) is 0 Å². The van der Waals surface area contributed by atoms with Crippen molar-refractivity contribution in [2.45, 2.75) is 11.4 Å². The van der Waals surface area contributed by atoms with Crippen LogP contribution in [0.15, 0.2) is 47.4 Å². The van der Waals surface area contributed by atoms with Crippen LogP contribution in [0.2, 0.25) is 10.0 Å². The van der Waals surface area contributed by atoms with Crippen molar-refractivity contribution < 1.29 is 18.7 Å². The fourth-order valence-corrected chi connectivity index (χ4v) is 3.09. The van der Waals surface area contributed by atoms with E-state index in [1.54, 1.807) is 36.4 Å². The molecule has 0 fully saturated rings. The molecule has 0 aliphatic heterocycles. The van der Waals surface area contributed by atoms with Gasteiger partial charge in [0.25, 0.3) is 5.91 Å². The largest absolute Gasteiger partial charge is 0.455 e. The summed E-state index contributed by atoms with van der Waals surface area (Å²) in [5, 5.41) is 3.47. The summed E-state index contributed by atoms with van der Waals surface area (Å²) in [5.41, 5.74) is 0.355. The molecule has 132 valence electrons. The summed E-state index contributed by atoms with van der Waals surface area (Å²) in [6.45, 7) is -0.410. The molecule has 8 heteroatoms. The van der Waals surface area contributed by atoms with Gasteiger partial charge in [-0.1, -0.05) is 41.4 Å². The summed E-state index contributed by atoms with van der Waals surface area (Å²) in [5.74, 6) is -1.50. The quantitative estimate of drug-likeness (QED) is 0.560. The molecular formula is C17H14Cl2FNO3S. The zero-order valence-corrected chi connectivity index (χ0v) is 15.3. The fourth-order valence-electron chi connectivity index (χ4n) is 1.80. The molecule has 1 amide bonds. The minimum Gasteiger partial charge on any atom is -0.455 e. The predicted molar refractivity (Wildman–Crippen MR) is 96.4 cm³/mol. The second-order valence-electron chi connectivity index (χ2n) is 4.89. The third-order valence-electron chi connectivity index (χ3n) is 3.04. The lowest BCUT2D eigenvalue weighted by molar-refractivity contribution is -0.145. The van der Waals surface area contributed by atoms with Crippen molar-refractivity contribution in [1.82, 2.24) is 5.32 Å². The minimum absolute atomic E-state index is 0.0132. The summed E-state index contributed by atoms with van der Waals surface area (Å²) >= 11 is 13.0. The van der Waals surface area contributed by atoms with Crippen LogP contribution in [-0.4, -0.2) is 24.2 Å². The van der Waals surface area contributed by atoms with Crippen molar-refractivity contribution in [3.63, 3.8) is 0 Å². The molecule has 0 spiro atoms. The Hall–Kier alpha value is -1.76. The monoisotopic (exact) mass is 401 g/mol. The normalized spacial score (nSPS) is 10.4. The summed E-state index contributed by atoms with van der Waals surface area (Å²) in [6.07, 6.45) is 0. The number of rotatable bonds is 7. The van der Waals surface area contributed by atoms with Crippen molar-refractivity contribution >= 4 is 46.8 Å². The molecule has 0 atom stereocenters. The summed E-state index contributed by atoms with van der Waals surface area (Å²) in [6, 6.07) is 11.0. The SMILES string of the molecule is O=C(COC(=O)CSc1cc(Cl)ccc1Cl)NCc1ccccc1F. The van der Waals surface area contributed by atoms with Crippen LogP contribution < -0.4 is 5.32 Å². The van der Waals surface area contributed by atoms with Gasteiger partial charge in [-0.2, -0.15) is 0 Å².